The summed E-state index contributed by atoms with van der Waals surface area (Å²) < 4.78 is 31.7. The Morgan fingerprint density at radius 3 is 2.62 bits per heavy atom. The summed E-state index contributed by atoms with van der Waals surface area (Å²) in [6.07, 6.45) is 1.62. The molecule has 1 amide bonds. The van der Waals surface area contributed by atoms with Gasteiger partial charge in [0, 0.05) is 12.0 Å². The van der Waals surface area contributed by atoms with E-state index in [1.807, 2.05) is 39.0 Å². The van der Waals surface area contributed by atoms with Gasteiger partial charge >= 0.3 is 0 Å². The topological polar surface area (TPSA) is 75.7 Å². The Bertz CT molecular complexity index is 1040. The summed E-state index contributed by atoms with van der Waals surface area (Å²) in [7, 11) is -3.70. The minimum absolute atomic E-state index is 0.263. The van der Waals surface area contributed by atoms with Gasteiger partial charge in [-0.15, -0.1) is 0 Å². The van der Waals surface area contributed by atoms with Gasteiger partial charge in [0.05, 0.1) is 23.0 Å². The summed E-state index contributed by atoms with van der Waals surface area (Å²) in [5, 5.41) is 3.24. The number of carbonyl (C=O) groups excluding carboxylic acids is 1. The van der Waals surface area contributed by atoms with E-state index in [-0.39, 0.29) is 23.3 Å². The van der Waals surface area contributed by atoms with Crippen LogP contribution in [0.25, 0.3) is 0 Å². The van der Waals surface area contributed by atoms with Crippen LogP contribution in [0.1, 0.15) is 37.4 Å². The zero-order valence-electron chi connectivity index (χ0n) is 16.9. The van der Waals surface area contributed by atoms with Crippen molar-refractivity contribution in [3.63, 3.8) is 0 Å². The molecule has 0 fully saturated rings. The average Bonchev–Trinajstić information content (AvgIpc) is 2.58. The van der Waals surface area contributed by atoms with Crippen LogP contribution >= 0.6 is 11.6 Å². The first-order valence-electron chi connectivity index (χ1n) is 9.27. The molecule has 2 aromatic rings. The monoisotopic (exact) mass is 436 g/mol. The maximum absolute atomic E-state index is 12.8. The van der Waals surface area contributed by atoms with E-state index in [1.165, 1.54) is 0 Å². The summed E-state index contributed by atoms with van der Waals surface area (Å²) >= 11 is 6.17. The van der Waals surface area contributed by atoms with Gasteiger partial charge in [0.15, 0.2) is 0 Å². The molecular weight excluding hydrogens is 412 g/mol. The molecule has 0 saturated carbocycles. The number of halogens is 1. The SMILES string of the molecule is Cc1ccc2c(c1)OC(C)(C)CC2NC(=O)CN(c1ccccc1Cl)S(C)(=O)=O. The third-order valence-electron chi connectivity index (χ3n) is 4.77. The molecule has 2 aromatic carbocycles. The van der Waals surface area contributed by atoms with Crippen molar-refractivity contribution in [2.45, 2.75) is 38.8 Å². The first-order valence-corrected chi connectivity index (χ1v) is 11.5. The lowest BCUT2D eigenvalue weighted by molar-refractivity contribution is -0.120. The van der Waals surface area contributed by atoms with Gasteiger partial charge in [-0.1, -0.05) is 35.9 Å². The van der Waals surface area contributed by atoms with Gasteiger partial charge in [0.2, 0.25) is 15.9 Å². The number of rotatable bonds is 5. The molecule has 3 rings (SSSR count). The van der Waals surface area contributed by atoms with Crippen LogP contribution < -0.4 is 14.4 Å². The number of fused-ring (bicyclic) bond motifs is 1. The van der Waals surface area contributed by atoms with Crippen LogP contribution in [0.3, 0.4) is 0 Å². The van der Waals surface area contributed by atoms with Crippen molar-refractivity contribution in [3.8, 4) is 5.75 Å². The predicted octanol–water partition coefficient (Wildman–Crippen LogP) is 3.83. The highest BCUT2D eigenvalue weighted by Crippen LogP contribution is 2.40. The number of nitrogens with zero attached hydrogens (tertiary/aromatic N) is 1. The normalized spacial score (nSPS) is 17.8. The number of nitrogens with one attached hydrogen (secondary N) is 1. The van der Waals surface area contributed by atoms with Crippen molar-refractivity contribution in [2.24, 2.45) is 0 Å². The van der Waals surface area contributed by atoms with Crippen molar-refractivity contribution in [2.75, 3.05) is 17.1 Å². The molecule has 1 aliphatic rings. The highest BCUT2D eigenvalue weighted by molar-refractivity contribution is 7.92. The molecule has 8 heteroatoms. The number of sulfonamides is 1. The van der Waals surface area contributed by atoms with Crippen molar-refractivity contribution in [1.82, 2.24) is 5.32 Å². The number of benzene rings is 2. The van der Waals surface area contributed by atoms with Crippen molar-refractivity contribution in [3.05, 3.63) is 58.6 Å². The van der Waals surface area contributed by atoms with Crippen LogP contribution in [0.5, 0.6) is 5.75 Å². The second kappa shape index (κ2) is 7.88. The second-order valence-electron chi connectivity index (χ2n) is 7.95. The Balaban J connectivity index is 1.85. The van der Waals surface area contributed by atoms with Crippen molar-refractivity contribution in [1.29, 1.82) is 0 Å². The predicted molar refractivity (Wildman–Crippen MR) is 115 cm³/mol. The number of hydrogen-bond acceptors (Lipinski definition) is 4. The molecule has 0 aliphatic carbocycles. The molecule has 0 spiro atoms. The van der Waals surface area contributed by atoms with E-state index in [2.05, 4.69) is 5.32 Å². The lowest BCUT2D eigenvalue weighted by Gasteiger charge is -2.38. The summed E-state index contributed by atoms with van der Waals surface area (Å²) in [5.41, 5.74) is 1.76. The van der Waals surface area contributed by atoms with Crippen LogP contribution in [0.4, 0.5) is 5.69 Å². The van der Waals surface area contributed by atoms with Crippen LogP contribution in [0.15, 0.2) is 42.5 Å². The third-order valence-corrected chi connectivity index (χ3v) is 6.22. The van der Waals surface area contributed by atoms with Crippen LogP contribution in [-0.2, 0) is 14.8 Å². The molecular formula is C21H25ClN2O4S. The van der Waals surface area contributed by atoms with Crippen LogP contribution in [-0.4, -0.2) is 32.7 Å². The van der Waals surface area contributed by atoms with E-state index in [0.717, 1.165) is 27.4 Å². The minimum Gasteiger partial charge on any atom is -0.487 e. The van der Waals surface area contributed by atoms with E-state index in [4.69, 9.17) is 16.3 Å². The standard InChI is InChI=1S/C21H25ClN2O4S/c1-14-9-10-15-17(12-21(2,3)28-19(15)11-14)23-20(25)13-24(29(4,26)27)18-8-6-5-7-16(18)22/h5-11,17H,12-13H2,1-4H3,(H,23,25). The highest BCUT2D eigenvalue weighted by Gasteiger charge is 2.35. The quantitative estimate of drug-likeness (QED) is 0.772. The largest absolute Gasteiger partial charge is 0.487 e. The van der Waals surface area contributed by atoms with E-state index >= 15 is 0 Å². The summed E-state index contributed by atoms with van der Waals surface area (Å²) in [6.45, 7) is 5.54. The maximum atomic E-state index is 12.8. The molecule has 1 heterocycles. The van der Waals surface area contributed by atoms with Gasteiger partial charge in [-0.2, -0.15) is 0 Å². The smallest absolute Gasteiger partial charge is 0.241 e. The van der Waals surface area contributed by atoms with Crippen molar-refractivity contribution < 1.29 is 17.9 Å². The fraction of sp³-hybridized carbons (Fsp3) is 0.381. The zero-order valence-corrected chi connectivity index (χ0v) is 18.5. The molecule has 29 heavy (non-hydrogen) atoms. The van der Waals surface area contributed by atoms with Gasteiger partial charge < -0.3 is 10.1 Å². The van der Waals surface area contributed by atoms with Gasteiger partial charge in [0.25, 0.3) is 0 Å². The van der Waals surface area contributed by atoms with E-state index < -0.39 is 21.5 Å². The fourth-order valence-corrected chi connectivity index (χ4v) is 4.65. The van der Waals surface area contributed by atoms with Gasteiger partial charge in [0.1, 0.15) is 17.9 Å². The maximum Gasteiger partial charge on any atom is 0.241 e. The fourth-order valence-electron chi connectivity index (χ4n) is 3.49. The van der Waals surface area contributed by atoms with Crippen LogP contribution in [0.2, 0.25) is 5.02 Å². The Morgan fingerprint density at radius 1 is 1.28 bits per heavy atom. The van der Waals surface area contributed by atoms with E-state index in [1.54, 1.807) is 24.3 Å². The van der Waals surface area contributed by atoms with Gasteiger partial charge in [-0.25, -0.2) is 8.42 Å². The van der Waals surface area contributed by atoms with Crippen LogP contribution in [0, 0.1) is 6.92 Å². The number of aryl methyl sites for hydroxylation is 1. The van der Waals surface area contributed by atoms with E-state index in [9.17, 15) is 13.2 Å². The number of carbonyl (C=O) groups is 1. The number of amides is 1. The minimum atomic E-state index is -3.70. The molecule has 1 unspecified atom stereocenters. The first kappa shape index (κ1) is 21.5. The summed E-state index contributed by atoms with van der Waals surface area (Å²) in [5.74, 6) is 0.321. The molecule has 0 saturated heterocycles. The molecule has 1 aliphatic heterocycles. The van der Waals surface area contributed by atoms with E-state index in [0.29, 0.717) is 6.42 Å². The number of anilines is 1. The lowest BCUT2D eigenvalue weighted by atomic mass is 9.89. The van der Waals surface area contributed by atoms with Crippen molar-refractivity contribution >= 4 is 33.2 Å². The second-order valence-corrected chi connectivity index (χ2v) is 10.3. The third kappa shape index (κ3) is 5.03. The summed E-state index contributed by atoms with van der Waals surface area (Å²) in [6, 6.07) is 12.1. The van der Waals surface area contributed by atoms with Gasteiger partial charge in [-0.3, -0.25) is 9.10 Å². The molecule has 1 atom stereocenters. The Labute approximate surface area is 176 Å². The zero-order chi connectivity index (χ0) is 21.4. The number of ether oxygens (including phenoxy) is 1. The molecule has 1 N–H and O–H groups in total. The Morgan fingerprint density at radius 2 is 1.97 bits per heavy atom. The highest BCUT2D eigenvalue weighted by atomic mass is 35.5. The molecule has 0 bridgehead atoms. The average molecular weight is 437 g/mol. The Kier molecular flexibility index (Phi) is 5.83. The molecule has 0 radical (unpaired) electrons. The first-order chi connectivity index (χ1) is 13.5. The molecule has 6 nitrogen and oxygen atoms in total. The van der Waals surface area contributed by atoms with Gasteiger partial charge in [-0.05, 0) is 44.5 Å². The molecule has 0 aromatic heterocycles. The molecule has 156 valence electrons. The lowest BCUT2D eigenvalue weighted by Crippen LogP contribution is -2.45. The summed E-state index contributed by atoms with van der Waals surface area (Å²) in [4.78, 5) is 12.8. The number of hydrogen-bond donors (Lipinski definition) is 1. The number of para-hydroxylation sites is 1. The Hall–Kier alpha value is -2.25.